The van der Waals surface area contributed by atoms with Crippen LogP contribution in [0, 0.1) is 12.8 Å². The first-order chi connectivity index (χ1) is 10.8. The Balaban J connectivity index is 2.04. The minimum absolute atomic E-state index is 0.314. The largest absolute Gasteiger partial charge is 0.444 e. The van der Waals surface area contributed by atoms with E-state index in [1.165, 1.54) is 43.2 Å². The number of hydrogen-bond acceptors (Lipinski definition) is 2. The van der Waals surface area contributed by atoms with E-state index in [-0.39, 0.29) is 6.09 Å². The van der Waals surface area contributed by atoms with Gasteiger partial charge >= 0.3 is 6.09 Å². The molecule has 1 saturated carbocycles. The Hall–Kier alpha value is -1.51. The Morgan fingerprint density at radius 3 is 2.35 bits per heavy atom. The maximum atomic E-state index is 12.0. The summed E-state index contributed by atoms with van der Waals surface area (Å²) in [5.74, 6) is 1.03. The van der Waals surface area contributed by atoms with Crippen LogP contribution in [0.5, 0.6) is 0 Å². The Labute approximate surface area is 140 Å². The normalized spacial score (nSPS) is 17.6. The van der Waals surface area contributed by atoms with Crippen LogP contribution in [0.15, 0.2) is 24.3 Å². The average molecular weight is 317 g/mol. The second-order valence-electron chi connectivity index (χ2n) is 7.80. The highest BCUT2D eigenvalue weighted by Gasteiger charge is 2.26. The lowest BCUT2D eigenvalue weighted by Gasteiger charge is -2.31. The molecule has 1 aliphatic carbocycles. The molecular formula is C20H31NO2. The molecule has 3 nitrogen and oxygen atoms in total. The van der Waals surface area contributed by atoms with E-state index in [0.717, 1.165) is 0 Å². The van der Waals surface area contributed by atoms with Crippen molar-refractivity contribution >= 4 is 6.09 Å². The van der Waals surface area contributed by atoms with Gasteiger partial charge in [-0.1, -0.05) is 49.1 Å². The van der Waals surface area contributed by atoms with Crippen molar-refractivity contribution in [3.63, 3.8) is 0 Å². The third kappa shape index (κ3) is 5.89. The standard InChI is InChI=1S/C20H31NO2/c1-15-10-12-17(13-11-15)18(16-8-6-5-7-9-16)14-21-19(22)23-20(2,3)4/h10-13,16,18H,5-9,14H2,1-4H3,(H,21,22). The molecule has 0 radical (unpaired) electrons. The molecule has 2 rings (SSSR count). The van der Waals surface area contributed by atoms with Gasteiger partial charge in [0.2, 0.25) is 0 Å². The molecule has 0 heterocycles. The predicted octanol–water partition coefficient (Wildman–Crippen LogP) is 5.18. The van der Waals surface area contributed by atoms with Gasteiger partial charge < -0.3 is 10.1 Å². The van der Waals surface area contributed by atoms with Crippen molar-refractivity contribution in [2.45, 2.75) is 71.3 Å². The number of alkyl carbamates (subject to hydrolysis) is 1. The van der Waals surface area contributed by atoms with Gasteiger partial charge in [0.25, 0.3) is 0 Å². The highest BCUT2D eigenvalue weighted by Crippen LogP contribution is 2.35. The van der Waals surface area contributed by atoms with Crippen molar-refractivity contribution in [2.75, 3.05) is 6.54 Å². The highest BCUT2D eigenvalue weighted by molar-refractivity contribution is 5.67. The van der Waals surface area contributed by atoms with Crippen LogP contribution in [0.4, 0.5) is 4.79 Å². The summed E-state index contributed by atoms with van der Waals surface area (Å²) in [6, 6.07) is 8.76. The fraction of sp³-hybridized carbons (Fsp3) is 0.650. The van der Waals surface area contributed by atoms with Crippen LogP contribution in [0.25, 0.3) is 0 Å². The second-order valence-corrected chi connectivity index (χ2v) is 7.80. The van der Waals surface area contributed by atoms with Crippen LogP contribution in [-0.4, -0.2) is 18.2 Å². The summed E-state index contributed by atoms with van der Waals surface area (Å²) in [5, 5.41) is 2.99. The van der Waals surface area contributed by atoms with Crippen molar-refractivity contribution in [1.29, 1.82) is 0 Å². The smallest absolute Gasteiger partial charge is 0.407 e. The van der Waals surface area contributed by atoms with Gasteiger partial charge in [0, 0.05) is 12.5 Å². The molecule has 1 amide bonds. The molecule has 0 saturated heterocycles. The summed E-state index contributed by atoms with van der Waals surface area (Å²) in [7, 11) is 0. The molecule has 3 heteroatoms. The van der Waals surface area contributed by atoms with Crippen LogP contribution in [-0.2, 0) is 4.74 Å². The number of benzene rings is 1. The molecule has 23 heavy (non-hydrogen) atoms. The maximum absolute atomic E-state index is 12.0. The van der Waals surface area contributed by atoms with Crippen LogP contribution in [0.3, 0.4) is 0 Å². The van der Waals surface area contributed by atoms with Crippen molar-refractivity contribution in [3.8, 4) is 0 Å². The third-order valence-electron chi connectivity index (χ3n) is 4.59. The number of carbonyl (C=O) groups excluding carboxylic acids is 1. The predicted molar refractivity (Wildman–Crippen MR) is 94.7 cm³/mol. The Morgan fingerprint density at radius 1 is 1.17 bits per heavy atom. The van der Waals surface area contributed by atoms with Crippen molar-refractivity contribution in [1.82, 2.24) is 5.32 Å². The summed E-state index contributed by atoms with van der Waals surface area (Å²) in [4.78, 5) is 12.0. The van der Waals surface area contributed by atoms with Gasteiger partial charge in [0.05, 0.1) is 0 Å². The van der Waals surface area contributed by atoms with Crippen molar-refractivity contribution < 1.29 is 9.53 Å². The van der Waals surface area contributed by atoms with Gasteiger partial charge in [-0.15, -0.1) is 0 Å². The third-order valence-corrected chi connectivity index (χ3v) is 4.59. The molecule has 0 spiro atoms. The molecule has 1 N–H and O–H groups in total. The number of nitrogens with one attached hydrogen (secondary N) is 1. The molecule has 0 aliphatic heterocycles. The molecule has 1 aromatic rings. The molecule has 1 fully saturated rings. The minimum atomic E-state index is -0.450. The topological polar surface area (TPSA) is 38.3 Å². The van der Waals surface area contributed by atoms with Gasteiger partial charge in [-0.05, 0) is 52.0 Å². The summed E-state index contributed by atoms with van der Waals surface area (Å²) in [6.45, 7) is 8.45. The van der Waals surface area contributed by atoms with E-state index in [2.05, 4.69) is 36.5 Å². The molecule has 1 unspecified atom stereocenters. The Morgan fingerprint density at radius 2 is 1.78 bits per heavy atom. The zero-order valence-corrected chi connectivity index (χ0v) is 15.0. The number of ether oxygens (including phenoxy) is 1. The number of hydrogen-bond donors (Lipinski definition) is 1. The monoisotopic (exact) mass is 317 g/mol. The van der Waals surface area contributed by atoms with Crippen molar-refractivity contribution in [3.05, 3.63) is 35.4 Å². The maximum Gasteiger partial charge on any atom is 0.407 e. The lowest BCUT2D eigenvalue weighted by molar-refractivity contribution is 0.0519. The van der Waals surface area contributed by atoms with Crippen LogP contribution in [0.1, 0.15) is 69.9 Å². The molecule has 1 aromatic carbocycles. The first-order valence-electron chi connectivity index (χ1n) is 8.88. The van der Waals surface area contributed by atoms with E-state index in [4.69, 9.17) is 4.74 Å². The first-order valence-corrected chi connectivity index (χ1v) is 8.88. The Bertz CT molecular complexity index is 495. The lowest BCUT2D eigenvalue weighted by atomic mass is 9.76. The van der Waals surface area contributed by atoms with Gasteiger partial charge in [-0.3, -0.25) is 0 Å². The number of carbonyl (C=O) groups is 1. The zero-order chi connectivity index (χ0) is 16.9. The van der Waals surface area contributed by atoms with Gasteiger partial charge in [0.15, 0.2) is 0 Å². The SMILES string of the molecule is Cc1ccc(C(CNC(=O)OC(C)(C)C)C2CCCCC2)cc1. The first kappa shape index (κ1) is 17.8. The highest BCUT2D eigenvalue weighted by atomic mass is 16.6. The zero-order valence-electron chi connectivity index (χ0n) is 15.0. The lowest BCUT2D eigenvalue weighted by Crippen LogP contribution is -2.36. The van der Waals surface area contributed by atoms with E-state index in [0.29, 0.717) is 18.4 Å². The molecule has 1 atom stereocenters. The van der Waals surface area contributed by atoms with E-state index in [1.54, 1.807) is 0 Å². The molecule has 128 valence electrons. The van der Waals surface area contributed by atoms with Gasteiger partial charge in [-0.25, -0.2) is 4.79 Å². The Kier molecular flexibility index (Phi) is 6.09. The van der Waals surface area contributed by atoms with Crippen LogP contribution in [0.2, 0.25) is 0 Å². The van der Waals surface area contributed by atoms with E-state index < -0.39 is 5.60 Å². The van der Waals surface area contributed by atoms with Crippen LogP contribution < -0.4 is 5.32 Å². The van der Waals surface area contributed by atoms with E-state index >= 15 is 0 Å². The molecule has 1 aliphatic rings. The van der Waals surface area contributed by atoms with Crippen molar-refractivity contribution in [2.24, 2.45) is 5.92 Å². The summed E-state index contributed by atoms with van der Waals surface area (Å²) >= 11 is 0. The van der Waals surface area contributed by atoms with Crippen LogP contribution >= 0.6 is 0 Å². The van der Waals surface area contributed by atoms with Gasteiger partial charge in [0.1, 0.15) is 5.60 Å². The van der Waals surface area contributed by atoms with E-state index in [9.17, 15) is 4.79 Å². The quantitative estimate of drug-likeness (QED) is 0.830. The average Bonchev–Trinajstić information content (AvgIpc) is 2.48. The number of rotatable bonds is 4. The molecular weight excluding hydrogens is 286 g/mol. The number of aryl methyl sites for hydroxylation is 1. The fourth-order valence-corrected chi connectivity index (χ4v) is 3.41. The summed E-state index contributed by atoms with van der Waals surface area (Å²) < 4.78 is 5.38. The summed E-state index contributed by atoms with van der Waals surface area (Å²) in [6.07, 6.45) is 6.16. The number of amides is 1. The molecule has 0 aromatic heterocycles. The summed E-state index contributed by atoms with van der Waals surface area (Å²) in [5.41, 5.74) is 2.16. The second kappa shape index (κ2) is 7.85. The fourth-order valence-electron chi connectivity index (χ4n) is 3.41. The minimum Gasteiger partial charge on any atom is -0.444 e. The molecule has 0 bridgehead atoms. The van der Waals surface area contributed by atoms with Gasteiger partial charge in [-0.2, -0.15) is 0 Å². The van der Waals surface area contributed by atoms with E-state index in [1.807, 2.05) is 20.8 Å².